The zero-order chi connectivity index (χ0) is 24.7. The number of hydrogen-bond acceptors (Lipinski definition) is 8. The Kier molecular flexibility index (Phi) is 8.89. The van der Waals surface area contributed by atoms with Gasteiger partial charge in [0.25, 0.3) is 0 Å². The van der Waals surface area contributed by atoms with E-state index in [0.717, 1.165) is 24.2 Å². The molecule has 0 spiro atoms. The Morgan fingerprint density at radius 1 is 1.24 bits per heavy atom. The minimum absolute atomic E-state index is 0.118. The van der Waals surface area contributed by atoms with Crippen LogP contribution >= 0.6 is 0 Å². The van der Waals surface area contributed by atoms with Gasteiger partial charge in [0, 0.05) is 37.2 Å². The van der Waals surface area contributed by atoms with E-state index in [-0.39, 0.29) is 19.0 Å². The summed E-state index contributed by atoms with van der Waals surface area (Å²) in [6.45, 7) is 8.10. The summed E-state index contributed by atoms with van der Waals surface area (Å²) in [4.78, 5) is 38.3. The number of morpholine rings is 1. The number of urea groups is 1. The molecule has 0 unspecified atom stereocenters. The number of primary amides is 1. The van der Waals surface area contributed by atoms with Crippen LogP contribution < -0.4 is 15.8 Å². The van der Waals surface area contributed by atoms with Crippen molar-refractivity contribution in [3.63, 3.8) is 0 Å². The Hall–Kier alpha value is -3.11. The molecule has 34 heavy (non-hydrogen) atoms. The van der Waals surface area contributed by atoms with Gasteiger partial charge in [-0.25, -0.2) is 9.59 Å². The van der Waals surface area contributed by atoms with Gasteiger partial charge in [0.1, 0.15) is 19.0 Å². The number of fused-ring (bicyclic) bond motifs is 1. The molecule has 0 radical (unpaired) electrons. The Labute approximate surface area is 199 Å². The molecule has 1 aromatic carbocycles. The first-order valence-electron chi connectivity index (χ1n) is 11.4. The topological polar surface area (TPSA) is 129 Å². The maximum absolute atomic E-state index is 12.3. The van der Waals surface area contributed by atoms with Crippen LogP contribution in [0.15, 0.2) is 11.6 Å². The van der Waals surface area contributed by atoms with Gasteiger partial charge in [-0.2, -0.15) is 0 Å². The molecule has 10 heteroatoms. The van der Waals surface area contributed by atoms with Crippen LogP contribution in [-0.4, -0.2) is 69.4 Å². The molecule has 2 amide bonds. The van der Waals surface area contributed by atoms with E-state index in [2.05, 4.69) is 10.2 Å². The van der Waals surface area contributed by atoms with E-state index < -0.39 is 12.0 Å². The molecular formula is C24H33N3O7. The summed E-state index contributed by atoms with van der Waals surface area (Å²) in [5.74, 6) is -0.190. The maximum atomic E-state index is 12.3. The molecule has 3 N–H and O–H groups in total. The van der Waals surface area contributed by atoms with Crippen molar-refractivity contribution < 1.29 is 33.3 Å². The van der Waals surface area contributed by atoms with Crippen LogP contribution in [0.3, 0.4) is 0 Å². The van der Waals surface area contributed by atoms with Crippen molar-refractivity contribution >= 4 is 23.7 Å². The van der Waals surface area contributed by atoms with Gasteiger partial charge < -0.3 is 30.0 Å². The molecule has 3 rings (SSSR count). The van der Waals surface area contributed by atoms with E-state index >= 15 is 0 Å². The summed E-state index contributed by atoms with van der Waals surface area (Å²) in [7, 11) is 1.54. The number of rotatable bonds is 10. The lowest BCUT2D eigenvalue weighted by Gasteiger charge is -2.26. The average Bonchev–Trinajstić information content (AvgIpc) is 3.20. The first kappa shape index (κ1) is 25.5. The lowest BCUT2D eigenvalue weighted by molar-refractivity contribution is -0.144. The van der Waals surface area contributed by atoms with Crippen LogP contribution in [0.4, 0.5) is 10.5 Å². The standard InChI is InChI=1S/C24H33N3O7/c1-15(5-7-19(28)33-13-10-27-8-11-32-12-9-27)4-6-17-21(26-24(25)30)20-18(14-34-23(20)29)16(2)22(17)31-3/h4H,5-14H2,1-3H3,(H3,25,26,30)/b15-4+. The number of allylic oxidation sites excluding steroid dienone is 2. The van der Waals surface area contributed by atoms with E-state index in [1.54, 1.807) is 0 Å². The molecule has 2 heterocycles. The van der Waals surface area contributed by atoms with E-state index in [9.17, 15) is 14.4 Å². The number of amides is 2. The number of esters is 2. The Bertz CT molecular complexity index is 968. The number of nitrogens with two attached hydrogens (primary N) is 1. The van der Waals surface area contributed by atoms with Gasteiger partial charge in [0.15, 0.2) is 0 Å². The van der Waals surface area contributed by atoms with E-state index in [0.29, 0.717) is 67.3 Å². The summed E-state index contributed by atoms with van der Waals surface area (Å²) in [5.41, 5.74) is 9.04. The molecule has 0 bridgehead atoms. The number of carbonyl (C=O) groups is 3. The van der Waals surface area contributed by atoms with Crippen molar-refractivity contribution in [1.29, 1.82) is 0 Å². The molecule has 1 aromatic rings. The lowest BCUT2D eigenvalue weighted by atomic mass is 9.93. The molecule has 1 saturated heterocycles. The van der Waals surface area contributed by atoms with Crippen molar-refractivity contribution in [1.82, 2.24) is 4.90 Å². The molecule has 1 fully saturated rings. The Balaban J connectivity index is 1.63. The number of nitrogens with zero attached hydrogens (tertiary/aromatic N) is 1. The van der Waals surface area contributed by atoms with Gasteiger partial charge in [-0.3, -0.25) is 9.69 Å². The second-order valence-electron chi connectivity index (χ2n) is 8.36. The molecular weight excluding hydrogens is 442 g/mol. The highest BCUT2D eigenvalue weighted by atomic mass is 16.5. The fourth-order valence-corrected chi connectivity index (χ4v) is 4.18. The van der Waals surface area contributed by atoms with Gasteiger partial charge in [-0.1, -0.05) is 11.6 Å². The number of carbonyl (C=O) groups excluding carboxylic acids is 3. The predicted octanol–water partition coefficient (Wildman–Crippen LogP) is 2.31. The second kappa shape index (κ2) is 11.8. The van der Waals surface area contributed by atoms with Crippen LogP contribution in [0.25, 0.3) is 0 Å². The fraction of sp³-hybridized carbons (Fsp3) is 0.542. The van der Waals surface area contributed by atoms with Crippen molar-refractivity contribution in [3.8, 4) is 5.75 Å². The highest BCUT2D eigenvalue weighted by Crippen LogP contribution is 2.41. The van der Waals surface area contributed by atoms with E-state index in [4.69, 9.17) is 24.7 Å². The van der Waals surface area contributed by atoms with Gasteiger partial charge >= 0.3 is 18.0 Å². The summed E-state index contributed by atoms with van der Waals surface area (Å²) in [6, 6.07) is -0.783. The van der Waals surface area contributed by atoms with Crippen LogP contribution in [0, 0.1) is 6.92 Å². The molecule has 2 aliphatic heterocycles. The number of hydrogen-bond donors (Lipinski definition) is 2. The Morgan fingerprint density at radius 3 is 2.65 bits per heavy atom. The Morgan fingerprint density at radius 2 is 1.97 bits per heavy atom. The summed E-state index contributed by atoms with van der Waals surface area (Å²) in [6.07, 6.45) is 3.11. The first-order valence-corrected chi connectivity index (χ1v) is 11.4. The minimum Gasteiger partial charge on any atom is -0.496 e. The molecule has 10 nitrogen and oxygen atoms in total. The van der Waals surface area contributed by atoms with Crippen molar-refractivity contribution in [2.24, 2.45) is 5.73 Å². The zero-order valence-electron chi connectivity index (χ0n) is 20.0. The minimum atomic E-state index is -0.783. The normalized spacial score (nSPS) is 16.1. The number of benzene rings is 1. The van der Waals surface area contributed by atoms with Gasteiger partial charge in [0.2, 0.25) is 0 Å². The van der Waals surface area contributed by atoms with Gasteiger partial charge in [0.05, 0.1) is 31.6 Å². The largest absolute Gasteiger partial charge is 0.496 e. The third-order valence-electron chi connectivity index (χ3n) is 6.08. The number of nitrogens with one attached hydrogen (secondary N) is 1. The summed E-state index contributed by atoms with van der Waals surface area (Å²) >= 11 is 0. The number of methoxy groups -OCH3 is 1. The third-order valence-corrected chi connectivity index (χ3v) is 6.08. The number of anilines is 1. The SMILES string of the molecule is COc1c(C)c2c(c(NC(N)=O)c1C/C=C(\C)CCC(=O)OCCN1CCOCC1)C(=O)OC2. The summed E-state index contributed by atoms with van der Waals surface area (Å²) < 4.78 is 21.5. The number of cyclic esters (lactones) is 1. The fourth-order valence-electron chi connectivity index (χ4n) is 4.18. The monoisotopic (exact) mass is 475 g/mol. The highest BCUT2D eigenvalue weighted by Gasteiger charge is 2.32. The molecule has 2 aliphatic rings. The first-order chi connectivity index (χ1) is 16.3. The zero-order valence-corrected chi connectivity index (χ0v) is 20.0. The third kappa shape index (κ3) is 6.27. The van der Waals surface area contributed by atoms with Crippen LogP contribution in [0.2, 0.25) is 0 Å². The smallest absolute Gasteiger partial charge is 0.341 e. The van der Waals surface area contributed by atoms with Crippen LogP contribution in [-0.2, 0) is 32.0 Å². The van der Waals surface area contributed by atoms with Crippen molar-refractivity contribution in [2.75, 3.05) is 51.9 Å². The van der Waals surface area contributed by atoms with Crippen LogP contribution in [0.1, 0.15) is 46.8 Å². The average molecular weight is 476 g/mol. The van der Waals surface area contributed by atoms with Crippen molar-refractivity contribution in [2.45, 2.75) is 39.7 Å². The second-order valence-corrected chi connectivity index (χ2v) is 8.36. The molecule has 0 aliphatic carbocycles. The van der Waals surface area contributed by atoms with Gasteiger partial charge in [-0.15, -0.1) is 0 Å². The molecule has 0 aromatic heterocycles. The molecule has 0 saturated carbocycles. The predicted molar refractivity (Wildman–Crippen MR) is 125 cm³/mol. The van der Waals surface area contributed by atoms with E-state index in [1.807, 2.05) is 19.9 Å². The number of ether oxygens (including phenoxy) is 4. The summed E-state index contributed by atoms with van der Waals surface area (Å²) in [5, 5.41) is 2.57. The highest BCUT2D eigenvalue weighted by molar-refractivity contribution is 6.05. The maximum Gasteiger partial charge on any atom is 0.341 e. The van der Waals surface area contributed by atoms with Crippen molar-refractivity contribution in [3.05, 3.63) is 33.9 Å². The van der Waals surface area contributed by atoms with Gasteiger partial charge in [-0.05, 0) is 32.3 Å². The van der Waals surface area contributed by atoms with Crippen LogP contribution in [0.5, 0.6) is 5.75 Å². The molecule has 0 atom stereocenters. The van der Waals surface area contributed by atoms with E-state index in [1.165, 1.54) is 7.11 Å². The quantitative estimate of drug-likeness (QED) is 0.390. The molecule has 186 valence electrons. The lowest BCUT2D eigenvalue weighted by Crippen LogP contribution is -2.38.